The van der Waals surface area contributed by atoms with Gasteiger partial charge in [-0.05, 0) is 18.6 Å². The molecule has 6 nitrogen and oxygen atoms in total. The quantitative estimate of drug-likeness (QED) is 0.777. The minimum absolute atomic E-state index is 0.0424. The number of amides is 2. The third-order valence-corrected chi connectivity index (χ3v) is 3.11. The van der Waals surface area contributed by atoms with Gasteiger partial charge in [-0.25, -0.2) is 4.79 Å². The molecule has 0 radical (unpaired) electrons. The Morgan fingerprint density at radius 3 is 2.74 bits per heavy atom. The smallest absolute Gasteiger partial charge is 0.339 e. The van der Waals surface area contributed by atoms with Crippen LogP contribution in [0.15, 0.2) is 18.2 Å². The SMILES string of the molecule is O=C1CC[C@H](C(=O)Nc2cccc(Cl)c2C(=O)O)N1. The number of carboxylic acids is 1. The fraction of sp³-hybridized carbons (Fsp3) is 0.250. The lowest BCUT2D eigenvalue weighted by Crippen LogP contribution is -2.37. The Hall–Kier alpha value is -2.08. The predicted molar refractivity (Wildman–Crippen MR) is 68.2 cm³/mol. The zero-order chi connectivity index (χ0) is 14.0. The Morgan fingerprint density at radius 2 is 2.16 bits per heavy atom. The van der Waals surface area contributed by atoms with Crippen LogP contribution in [-0.2, 0) is 9.59 Å². The Labute approximate surface area is 113 Å². The van der Waals surface area contributed by atoms with Crippen LogP contribution in [0.5, 0.6) is 0 Å². The average Bonchev–Trinajstić information content (AvgIpc) is 2.75. The number of anilines is 1. The van der Waals surface area contributed by atoms with Gasteiger partial charge in [0, 0.05) is 6.42 Å². The minimum atomic E-state index is -1.23. The Morgan fingerprint density at radius 1 is 1.42 bits per heavy atom. The standard InChI is InChI=1S/C12H11ClN2O4/c13-6-2-1-3-7(10(6)12(18)19)15-11(17)8-4-5-9(16)14-8/h1-3,8H,4-5H2,(H,14,16)(H,15,17)(H,18,19)/t8-/m1/s1. The lowest BCUT2D eigenvalue weighted by molar-refractivity contribution is -0.122. The van der Waals surface area contributed by atoms with Gasteiger partial charge in [0.2, 0.25) is 11.8 Å². The minimum Gasteiger partial charge on any atom is -0.478 e. The van der Waals surface area contributed by atoms with Crippen molar-refractivity contribution in [3.05, 3.63) is 28.8 Å². The van der Waals surface area contributed by atoms with Crippen LogP contribution in [0.25, 0.3) is 0 Å². The highest BCUT2D eigenvalue weighted by molar-refractivity contribution is 6.34. The van der Waals surface area contributed by atoms with Crippen molar-refractivity contribution in [3.63, 3.8) is 0 Å². The molecule has 1 aromatic rings. The molecule has 2 rings (SSSR count). The molecule has 1 aliphatic heterocycles. The van der Waals surface area contributed by atoms with E-state index in [4.69, 9.17) is 16.7 Å². The number of halogens is 1. The van der Waals surface area contributed by atoms with E-state index < -0.39 is 17.9 Å². The van der Waals surface area contributed by atoms with Crippen molar-refractivity contribution in [1.29, 1.82) is 0 Å². The van der Waals surface area contributed by atoms with Crippen molar-refractivity contribution in [2.75, 3.05) is 5.32 Å². The van der Waals surface area contributed by atoms with Crippen molar-refractivity contribution in [2.45, 2.75) is 18.9 Å². The number of rotatable bonds is 3. The first-order valence-electron chi connectivity index (χ1n) is 5.61. The predicted octanol–water partition coefficient (Wildman–Crippen LogP) is 1.26. The zero-order valence-electron chi connectivity index (χ0n) is 9.77. The molecule has 2 amide bonds. The van der Waals surface area contributed by atoms with Crippen molar-refractivity contribution in [3.8, 4) is 0 Å². The second-order valence-electron chi connectivity index (χ2n) is 4.12. The summed E-state index contributed by atoms with van der Waals surface area (Å²) in [4.78, 5) is 34.0. The van der Waals surface area contributed by atoms with E-state index in [2.05, 4.69) is 10.6 Å². The molecule has 0 aromatic heterocycles. The van der Waals surface area contributed by atoms with Crippen LogP contribution in [-0.4, -0.2) is 28.9 Å². The molecule has 100 valence electrons. The lowest BCUT2D eigenvalue weighted by Gasteiger charge is -2.13. The van der Waals surface area contributed by atoms with Crippen molar-refractivity contribution < 1.29 is 19.5 Å². The highest BCUT2D eigenvalue weighted by Gasteiger charge is 2.28. The number of carboxylic acid groups (broad SMARTS) is 1. The first-order chi connectivity index (χ1) is 8.99. The third kappa shape index (κ3) is 2.85. The first kappa shape index (κ1) is 13.4. The lowest BCUT2D eigenvalue weighted by atomic mass is 10.1. The summed E-state index contributed by atoms with van der Waals surface area (Å²) in [6, 6.07) is 3.78. The molecule has 0 bridgehead atoms. The van der Waals surface area contributed by atoms with Crippen molar-refractivity contribution in [1.82, 2.24) is 5.32 Å². The number of aromatic carboxylic acids is 1. The molecule has 0 spiro atoms. The summed E-state index contributed by atoms with van der Waals surface area (Å²) in [6.07, 6.45) is 0.688. The monoisotopic (exact) mass is 282 g/mol. The molecule has 7 heteroatoms. The molecule has 0 aliphatic carbocycles. The first-order valence-corrected chi connectivity index (χ1v) is 5.99. The second kappa shape index (κ2) is 5.27. The van der Waals surface area contributed by atoms with E-state index in [0.717, 1.165) is 0 Å². The van der Waals surface area contributed by atoms with Crippen LogP contribution in [0.2, 0.25) is 5.02 Å². The van der Waals surface area contributed by atoms with Crippen molar-refractivity contribution >= 4 is 35.1 Å². The number of hydrogen-bond acceptors (Lipinski definition) is 3. The van der Waals surface area contributed by atoms with E-state index in [-0.39, 0.29) is 22.2 Å². The molecule has 1 aliphatic rings. The van der Waals surface area contributed by atoms with Gasteiger partial charge in [0.25, 0.3) is 0 Å². The van der Waals surface area contributed by atoms with Crippen LogP contribution >= 0.6 is 11.6 Å². The highest BCUT2D eigenvalue weighted by atomic mass is 35.5. The summed E-state index contributed by atoms with van der Waals surface area (Å²) >= 11 is 5.79. The maximum Gasteiger partial charge on any atom is 0.339 e. The van der Waals surface area contributed by atoms with Gasteiger partial charge in [-0.1, -0.05) is 17.7 Å². The Kier molecular flexibility index (Phi) is 3.71. The number of benzene rings is 1. The van der Waals surface area contributed by atoms with Gasteiger partial charge in [-0.2, -0.15) is 0 Å². The maximum atomic E-state index is 11.9. The van der Waals surface area contributed by atoms with E-state index in [9.17, 15) is 14.4 Å². The van der Waals surface area contributed by atoms with Gasteiger partial charge < -0.3 is 15.7 Å². The normalized spacial score (nSPS) is 17.9. The summed E-state index contributed by atoms with van der Waals surface area (Å²) < 4.78 is 0. The van der Waals surface area contributed by atoms with E-state index in [0.29, 0.717) is 12.8 Å². The maximum absolute atomic E-state index is 11.9. The van der Waals surface area contributed by atoms with Crippen LogP contribution < -0.4 is 10.6 Å². The number of carbonyl (C=O) groups is 3. The molecule has 1 heterocycles. The Bertz CT molecular complexity index is 559. The second-order valence-corrected chi connectivity index (χ2v) is 4.52. The zero-order valence-corrected chi connectivity index (χ0v) is 10.5. The van der Waals surface area contributed by atoms with Crippen LogP contribution in [0.1, 0.15) is 23.2 Å². The summed E-state index contributed by atoms with van der Waals surface area (Å²) in [5.74, 6) is -1.86. The van der Waals surface area contributed by atoms with Gasteiger partial charge in [0.15, 0.2) is 0 Å². The molecule has 0 unspecified atom stereocenters. The molecule has 0 saturated carbocycles. The van der Waals surface area contributed by atoms with E-state index >= 15 is 0 Å². The molecule has 1 aromatic carbocycles. The Balaban J connectivity index is 2.19. The van der Waals surface area contributed by atoms with E-state index in [1.807, 2.05) is 0 Å². The topological polar surface area (TPSA) is 95.5 Å². The van der Waals surface area contributed by atoms with Gasteiger partial charge in [0.05, 0.1) is 10.7 Å². The van der Waals surface area contributed by atoms with Gasteiger partial charge in [-0.3, -0.25) is 9.59 Å². The molecule has 1 atom stereocenters. The van der Waals surface area contributed by atoms with E-state index in [1.165, 1.54) is 18.2 Å². The van der Waals surface area contributed by atoms with Crippen LogP contribution in [0.4, 0.5) is 5.69 Å². The number of carbonyl (C=O) groups excluding carboxylic acids is 2. The molecule has 1 saturated heterocycles. The largest absolute Gasteiger partial charge is 0.478 e. The number of nitrogens with one attached hydrogen (secondary N) is 2. The highest BCUT2D eigenvalue weighted by Crippen LogP contribution is 2.24. The summed E-state index contributed by atoms with van der Waals surface area (Å²) in [6.45, 7) is 0. The molecule has 3 N–H and O–H groups in total. The van der Waals surface area contributed by atoms with E-state index in [1.54, 1.807) is 0 Å². The van der Waals surface area contributed by atoms with Crippen LogP contribution in [0, 0.1) is 0 Å². The fourth-order valence-corrected chi connectivity index (χ4v) is 2.13. The summed E-state index contributed by atoms with van der Waals surface area (Å²) in [5.41, 5.74) is -0.0482. The van der Waals surface area contributed by atoms with Gasteiger partial charge in [-0.15, -0.1) is 0 Å². The molecule has 19 heavy (non-hydrogen) atoms. The number of hydrogen-bond donors (Lipinski definition) is 3. The van der Waals surface area contributed by atoms with Gasteiger partial charge >= 0.3 is 5.97 Å². The molecular formula is C12H11ClN2O4. The van der Waals surface area contributed by atoms with Gasteiger partial charge in [0.1, 0.15) is 11.6 Å². The molecular weight excluding hydrogens is 272 g/mol. The summed E-state index contributed by atoms with van der Waals surface area (Å²) in [7, 11) is 0. The third-order valence-electron chi connectivity index (χ3n) is 2.80. The fourth-order valence-electron chi connectivity index (χ4n) is 1.88. The average molecular weight is 283 g/mol. The molecule has 1 fully saturated rings. The summed E-state index contributed by atoms with van der Waals surface area (Å²) in [5, 5.41) is 14.1. The van der Waals surface area contributed by atoms with Crippen molar-refractivity contribution in [2.24, 2.45) is 0 Å². The van der Waals surface area contributed by atoms with Crippen LogP contribution in [0.3, 0.4) is 0 Å².